The molecule has 102 valence electrons. The van der Waals surface area contributed by atoms with Crippen molar-refractivity contribution in [3.8, 4) is 22.8 Å². The zero-order chi connectivity index (χ0) is 14.0. The van der Waals surface area contributed by atoms with E-state index in [0.717, 1.165) is 22.5 Å². The lowest BCUT2D eigenvalue weighted by atomic mass is 10.1. The van der Waals surface area contributed by atoms with Crippen molar-refractivity contribution >= 4 is 0 Å². The Bertz CT molecular complexity index is 591. The Balaban J connectivity index is 2.56. The van der Waals surface area contributed by atoms with Gasteiger partial charge in [0.1, 0.15) is 0 Å². The number of hydrogen-bond acceptors (Lipinski definition) is 4. The Morgan fingerprint density at radius 3 is 2.42 bits per heavy atom. The Morgan fingerprint density at radius 1 is 1.21 bits per heavy atom. The number of methoxy groups -OCH3 is 2. The van der Waals surface area contributed by atoms with Crippen molar-refractivity contribution in [3.05, 3.63) is 29.5 Å². The molecule has 19 heavy (non-hydrogen) atoms. The summed E-state index contributed by atoms with van der Waals surface area (Å²) in [7, 11) is 5.17. The fourth-order valence-electron chi connectivity index (χ4n) is 2.27. The summed E-state index contributed by atoms with van der Waals surface area (Å²) in [5, 5.41) is 4.42. The van der Waals surface area contributed by atoms with E-state index >= 15 is 0 Å². The number of rotatable bonds is 4. The molecule has 0 amide bonds. The molecule has 0 atom stereocenters. The quantitative estimate of drug-likeness (QED) is 0.912. The Kier molecular flexibility index (Phi) is 3.76. The summed E-state index contributed by atoms with van der Waals surface area (Å²) < 4.78 is 12.4. The van der Waals surface area contributed by atoms with E-state index in [1.807, 2.05) is 36.9 Å². The first-order valence-corrected chi connectivity index (χ1v) is 6.07. The second-order valence-electron chi connectivity index (χ2n) is 4.32. The van der Waals surface area contributed by atoms with E-state index in [4.69, 9.17) is 15.2 Å². The van der Waals surface area contributed by atoms with E-state index in [1.54, 1.807) is 14.2 Å². The minimum absolute atomic E-state index is 0.437. The van der Waals surface area contributed by atoms with Crippen LogP contribution in [0.2, 0.25) is 0 Å². The first-order chi connectivity index (χ1) is 9.12. The Labute approximate surface area is 112 Å². The van der Waals surface area contributed by atoms with Gasteiger partial charge in [-0.25, -0.2) is 0 Å². The molecule has 1 heterocycles. The van der Waals surface area contributed by atoms with Gasteiger partial charge in [0.25, 0.3) is 0 Å². The standard InChI is InChI=1S/C14H19N3O2/c1-9-11(8-15)16-17(2)14(9)10-5-6-12(18-3)13(7-10)19-4/h5-7H,8,15H2,1-4H3. The highest BCUT2D eigenvalue weighted by atomic mass is 16.5. The second-order valence-corrected chi connectivity index (χ2v) is 4.32. The molecule has 1 aromatic carbocycles. The highest BCUT2D eigenvalue weighted by Gasteiger charge is 2.15. The van der Waals surface area contributed by atoms with Crippen molar-refractivity contribution in [1.82, 2.24) is 9.78 Å². The number of nitrogens with two attached hydrogens (primary N) is 1. The van der Waals surface area contributed by atoms with E-state index in [-0.39, 0.29) is 0 Å². The minimum atomic E-state index is 0.437. The molecule has 5 heteroatoms. The van der Waals surface area contributed by atoms with Gasteiger partial charge in [0, 0.05) is 19.2 Å². The molecule has 0 saturated heterocycles. The van der Waals surface area contributed by atoms with Crippen molar-refractivity contribution in [3.63, 3.8) is 0 Å². The lowest BCUT2D eigenvalue weighted by molar-refractivity contribution is 0.355. The molecule has 0 fully saturated rings. The molecule has 2 N–H and O–H groups in total. The zero-order valence-electron chi connectivity index (χ0n) is 11.7. The molecule has 0 bridgehead atoms. The normalized spacial score (nSPS) is 10.6. The summed E-state index contributed by atoms with van der Waals surface area (Å²) >= 11 is 0. The zero-order valence-corrected chi connectivity index (χ0v) is 11.7. The van der Waals surface area contributed by atoms with Crippen LogP contribution >= 0.6 is 0 Å². The molecular formula is C14H19N3O2. The predicted molar refractivity (Wildman–Crippen MR) is 74.4 cm³/mol. The monoisotopic (exact) mass is 261 g/mol. The molecular weight excluding hydrogens is 242 g/mol. The third-order valence-electron chi connectivity index (χ3n) is 3.23. The van der Waals surface area contributed by atoms with Crippen molar-refractivity contribution < 1.29 is 9.47 Å². The fraction of sp³-hybridized carbons (Fsp3) is 0.357. The predicted octanol–water partition coefficient (Wildman–Crippen LogP) is 1.87. The highest BCUT2D eigenvalue weighted by molar-refractivity contribution is 5.68. The van der Waals surface area contributed by atoms with Crippen LogP contribution in [-0.2, 0) is 13.6 Å². The molecule has 5 nitrogen and oxygen atoms in total. The van der Waals surface area contributed by atoms with Crippen molar-refractivity contribution in [2.24, 2.45) is 12.8 Å². The van der Waals surface area contributed by atoms with Crippen LogP contribution in [0.4, 0.5) is 0 Å². The third-order valence-corrected chi connectivity index (χ3v) is 3.23. The molecule has 2 rings (SSSR count). The van der Waals surface area contributed by atoms with Crippen LogP contribution in [0.15, 0.2) is 18.2 Å². The summed E-state index contributed by atoms with van der Waals surface area (Å²) in [4.78, 5) is 0. The maximum absolute atomic E-state index is 5.69. The van der Waals surface area contributed by atoms with E-state index in [1.165, 1.54) is 0 Å². The minimum Gasteiger partial charge on any atom is -0.493 e. The van der Waals surface area contributed by atoms with Gasteiger partial charge in [-0.15, -0.1) is 0 Å². The van der Waals surface area contributed by atoms with Gasteiger partial charge in [0.15, 0.2) is 11.5 Å². The van der Waals surface area contributed by atoms with Gasteiger partial charge < -0.3 is 15.2 Å². The van der Waals surface area contributed by atoms with Crippen LogP contribution in [0.3, 0.4) is 0 Å². The Morgan fingerprint density at radius 2 is 1.89 bits per heavy atom. The summed E-state index contributed by atoms with van der Waals surface area (Å²) in [6, 6.07) is 5.83. The largest absolute Gasteiger partial charge is 0.493 e. The number of aryl methyl sites for hydroxylation is 1. The van der Waals surface area contributed by atoms with Crippen LogP contribution in [-0.4, -0.2) is 24.0 Å². The van der Waals surface area contributed by atoms with Crippen molar-refractivity contribution in [2.75, 3.05) is 14.2 Å². The Hall–Kier alpha value is -2.01. The third kappa shape index (κ3) is 2.29. The maximum atomic E-state index is 5.69. The number of nitrogens with zero attached hydrogens (tertiary/aromatic N) is 2. The van der Waals surface area contributed by atoms with Gasteiger partial charge in [-0.1, -0.05) is 0 Å². The summed E-state index contributed by atoms with van der Waals surface area (Å²) in [6.07, 6.45) is 0. The molecule has 0 spiro atoms. The number of benzene rings is 1. The van der Waals surface area contributed by atoms with Crippen molar-refractivity contribution in [2.45, 2.75) is 13.5 Å². The van der Waals surface area contributed by atoms with Gasteiger partial charge in [-0.2, -0.15) is 5.10 Å². The molecule has 2 aromatic rings. The lowest BCUT2D eigenvalue weighted by Gasteiger charge is -2.10. The van der Waals surface area contributed by atoms with Gasteiger partial charge in [-0.05, 0) is 30.7 Å². The SMILES string of the molecule is COc1ccc(-c2c(C)c(CN)nn2C)cc1OC. The summed E-state index contributed by atoms with van der Waals surface area (Å²) in [5.41, 5.74) is 9.77. The average molecular weight is 261 g/mol. The first kappa shape index (κ1) is 13.4. The smallest absolute Gasteiger partial charge is 0.161 e. The molecule has 0 aliphatic heterocycles. The second kappa shape index (κ2) is 5.32. The maximum Gasteiger partial charge on any atom is 0.161 e. The van der Waals surface area contributed by atoms with Gasteiger partial charge in [0.05, 0.1) is 25.6 Å². The van der Waals surface area contributed by atoms with Gasteiger partial charge in [0.2, 0.25) is 0 Å². The number of ether oxygens (including phenoxy) is 2. The van der Waals surface area contributed by atoms with E-state index < -0.39 is 0 Å². The average Bonchev–Trinajstić information content (AvgIpc) is 2.72. The first-order valence-electron chi connectivity index (χ1n) is 6.07. The fourth-order valence-corrected chi connectivity index (χ4v) is 2.27. The van der Waals surface area contributed by atoms with Crippen molar-refractivity contribution in [1.29, 1.82) is 0 Å². The topological polar surface area (TPSA) is 62.3 Å². The van der Waals surface area contributed by atoms with Crippen LogP contribution in [0.1, 0.15) is 11.3 Å². The van der Waals surface area contributed by atoms with E-state index in [2.05, 4.69) is 5.10 Å². The number of aromatic nitrogens is 2. The highest BCUT2D eigenvalue weighted by Crippen LogP contribution is 2.33. The molecule has 1 aromatic heterocycles. The molecule has 0 aliphatic rings. The van der Waals surface area contributed by atoms with Crippen LogP contribution < -0.4 is 15.2 Å². The molecule has 0 aliphatic carbocycles. The summed E-state index contributed by atoms with van der Waals surface area (Å²) in [6.45, 7) is 2.47. The van der Waals surface area contributed by atoms with Gasteiger partial charge >= 0.3 is 0 Å². The summed E-state index contributed by atoms with van der Waals surface area (Å²) in [5.74, 6) is 1.42. The molecule has 0 unspecified atom stereocenters. The lowest BCUT2D eigenvalue weighted by Crippen LogP contribution is -1.99. The van der Waals surface area contributed by atoms with Gasteiger partial charge in [-0.3, -0.25) is 4.68 Å². The van der Waals surface area contributed by atoms with E-state index in [0.29, 0.717) is 18.0 Å². The number of hydrogen-bond donors (Lipinski definition) is 1. The van der Waals surface area contributed by atoms with Crippen LogP contribution in [0.5, 0.6) is 11.5 Å². The van der Waals surface area contributed by atoms with E-state index in [9.17, 15) is 0 Å². The van der Waals surface area contributed by atoms with Crippen LogP contribution in [0.25, 0.3) is 11.3 Å². The van der Waals surface area contributed by atoms with Crippen LogP contribution in [0, 0.1) is 6.92 Å². The molecule has 0 radical (unpaired) electrons. The molecule has 0 saturated carbocycles.